The topological polar surface area (TPSA) is 24.9 Å². The Morgan fingerprint density at radius 1 is 1.26 bits per heavy atom. The highest BCUT2D eigenvalue weighted by molar-refractivity contribution is 9.10. The fraction of sp³-hybridized carbons (Fsp3) is 0.400. The molecule has 4 heteroatoms. The summed E-state index contributed by atoms with van der Waals surface area (Å²) in [6.07, 6.45) is 0. The van der Waals surface area contributed by atoms with Crippen LogP contribution in [0.1, 0.15) is 24.4 Å². The van der Waals surface area contributed by atoms with Crippen LogP contribution < -0.4 is 5.32 Å². The van der Waals surface area contributed by atoms with Crippen LogP contribution in [0.2, 0.25) is 0 Å². The Balaban J connectivity index is 2.09. The maximum absolute atomic E-state index is 4.67. The summed E-state index contributed by atoms with van der Waals surface area (Å²) >= 11 is 5.24. The molecule has 1 aromatic heterocycles. The molecule has 0 aliphatic carbocycles. The van der Waals surface area contributed by atoms with E-state index >= 15 is 0 Å². The minimum Gasteiger partial charge on any atom is -0.312 e. The Kier molecular flexibility index (Phi) is 5.13. The summed E-state index contributed by atoms with van der Waals surface area (Å²) in [5.41, 5.74) is 2.32. The molecular weight excluding hydrogens is 320 g/mol. The van der Waals surface area contributed by atoms with Crippen LogP contribution in [0.25, 0.3) is 10.6 Å². The number of nitrogens with zero attached hydrogens (tertiary/aromatic N) is 1. The SMILES string of the molecule is Cc1nc(-c2ccc(Br)cc2)sc1CNCC(C)C. The highest BCUT2D eigenvalue weighted by atomic mass is 79.9. The molecule has 0 radical (unpaired) electrons. The molecule has 0 atom stereocenters. The van der Waals surface area contributed by atoms with Gasteiger partial charge in [0.05, 0.1) is 5.69 Å². The van der Waals surface area contributed by atoms with E-state index in [4.69, 9.17) is 0 Å². The molecule has 0 aliphatic heterocycles. The van der Waals surface area contributed by atoms with Crippen molar-refractivity contribution in [2.45, 2.75) is 27.3 Å². The second-order valence-corrected chi connectivity index (χ2v) is 7.06. The molecule has 1 N–H and O–H groups in total. The third-order valence-corrected chi connectivity index (χ3v) is 4.56. The summed E-state index contributed by atoms with van der Waals surface area (Å²) in [7, 11) is 0. The quantitative estimate of drug-likeness (QED) is 0.859. The first-order valence-corrected chi connectivity index (χ1v) is 8.10. The number of benzene rings is 1. The summed E-state index contributed by atoms with van der Waals surface area (Å²) < 4.78 is 1.10. The first-order chi connectivity index (χ1) is 9.06. The van der Waals surface area contributed by atoms with Crippen LogP contribution in [-0.2, 0) is 6.54 Å². The number of rotatable bonds is 5. The van der Waals surface area contributed by atoms with Crippen LogP contribution in [0.3, 0.4) is 0 Å². The van der Waals surface area contributed by atoms with Gasteiger partial charge in [0.15, 0.2) is 0 Å². The molecule has 2 nitrogen and oxygen atoms in total. The third-order valence-electron chi connectivity index (χ3n) is 2.82. The molecular formula is C15H19BrN2S. The summed E-state index contributed by atoms with van der Waals surface area (Å²) in [5.74, 6) is 0.680. The fourth-order valence-corrected chi connectivity index (χ4v) is 3.08. The number of aryl methyl sites for hydroxylation is 1. The summed E-state index contributed by atoms with van der Waals surface area (Å²) in [6, 6.07) is 8.33. The number of hydrogen-bond donors (Lipinski definition) is 1. The van der Waals surface area contributed by atoms with Crippen molar-refractivity contribution in [3.63, 3.8) is 0 Å². The van der Waals surface area contributed by atoms with Gasteiger partial charge >= 0.3 is 0 Å². The van der Waals surface area contributed by atoms with E-state index < -0.39 is 0 Å². The average Bonchev–Trinajstić information content (AvgIpc) is 2.71. The molecule has 0 spiro atoms. The van der Waals surface area contributed by atoms with Gasteiger partial charge in [0.25, 0.3) is 0 Å². The van der Waals surface area contributed by atoms with Crippen molar-refractivity contribution in [2.24, 2.45) is 5.92 Å². The first-order valence-electron chi connectivity index (χ1n) is 6.49. The second-order valence-electron chi connectivity index (χ2n) is 5.06. The highest BCUT2D eigenvalue weighted by Crippen LogP contribution is 2.28. The Hall–Kier alpha value is -0.710. The van der Waals surface area contributed by atoms with Crippen LogP contribution >= 0.6 is 27.3 Å². The number of hydrogen-bond acceptors (Lipinski definition) is 3. The van der Waals surface area contributed by atoms with Gasteiger partial charge in [0.2, 0.25) is 0 Å². The van der Waals surface area contributed by atoms with Crippen LogP contribution in [0.5, 0.6) is 0 Å². The van der Waals surface area contributed by atoms with Crippen molar-refractivity contribution in [1.29, 1.82) is 0 Å². The van der Waals surface area contributed by atoms with Gasteiger partial charge < -0.3 is 5.32 Å². The van der Waals surface area contributed by atoms with E-state index in [1.807, 2.05) is 0 Å². The van der Waals surface area contributed by atoms with Gasteiger partial charge in [0, 0.05) is 21.5 Å². The van der Waals surface area contributed by atoms with Gasteiger partial charge in [-0.3, -0.25) is 0 Å². The zero-order chi connectivity index (χ0) is 13.8. The Morgan fingerprint density at radius 3 is 2.58 bits per heavy atom. The molecule has 0 bridgehead atoms. The molecule has 0 amide bonds. The fourth-order valence-electron chi connectivity index (χ4n) is 1.78. The van der Waals surface area contributed by atoms with Crippen LogP contribution in [0.15, 0.2) is 28.7 Å². The summed E-state index contributed by atoms with van der Waals surface area (Å²) in [6.45, 7) is 8.49. The van der Waals surface area contributed by atoms with Crippen LogP contribution in [0, 0.1) is 12.8 Å². The number of aromatic nitrogens is 1. The minimum absolute atomic E-state index is 0.680. The van der Waals surface area contributed by atoms with Crippen molar-refractivity contribution < 1.29 is 0 Å². The van der Waals surface area contributed by atoms with Crippen molar-refractivity contribution in [3.05, 3.63) is 39.3 Å². The average molecular weight is 339 g/mol. The van der Waals surface area contributed by atoms with Gasteiger partial charge in [-0.15, -0.1) is 11.3 Å². The lowest BCUT2D eigenvalue weighted by Crippen LogP contribution is -2.18. The minimum atomic E-state index is 0.680. The molecule has 19 heavy (non-hydrogen) atoms. The predicted octanol–water partition coefficient (Wildman–Crippen LogP) is 4.63. The van der Waals surface area contributed by atoms with E-state index in [1.165, 1.54) is 10.4 Å². The number of nitrogens with one attached hydrogen (secondary N) is 1. The lowest BCUT2D eigenvalue weighted by atomic mass is 10.2. The van der Waals surface area contributed by atoms with Gasteiger partial charge in [-0.1, -0.05) is 41.9 Å². The lowest BCUT2D eigenvalue weighted by molar-refractivity contribution is 0.554. The molecule has 2 rings (SSSR count). The van der Waals surface area contributed by atoms with Gasteiger partial charge in [-0.2, -0.15) is 0 Å². The molecule has 0 saturated carbocycles. The van der Waals surface area contributed by atoms with Crippen LogP contribution in [0.4, 0.5) is 0 Å². The van der Waals surface area contributed by atoms with E-state index in [0.717, 1.165) is 28.3 Å². The van der Waals surface area contributed by atoms with E-state index in [1.54, 1.807) is 11.3 Å². The Morgan fingerprint density at radius 2 is 1.95 bits per heavy atom. The van der Waals surface area contributed by atoms with Gasteiger partial charge in [-0.05, 0) is 31.5 Å². The molecule has 0 saturated heterocycles. The smallest absolute Gasteiger partial charge is 0.123 e. The summed E-state index contributed by atoms with van der Waals surface area (Å²) in [4.78, 5) is 6.00. The zero-order valence-corrected chi connectivity index (χ0v) is 13.9. The van der Waals surface area contributed by atoms with E-state index in [9.17, 15) is 0 Å². The van der Waals surface area contributed by atoms with Crippen molar-refractivity contribution in [3.8, 4) is 10.6 Å². The molecule has 1 aromatic carbocycles. The Bertz CT molecular complexity index is 532. The van der Waals surface area contributed by atoms with Crippen LogP contribution in [-0.4, -0.2) is 11.5 Å². The van der Waals surface area contributed by atoms with Gasteiger partial charge in [-0.25, -0.2) is 4.98 Å². The van der Waals surface area contributed by atoms with E-state index in [0.29, 0.717) is 5.92 Å². The Labute approximate surface area is 127 Å². The second kappa shape index (κ2) is 6.64. The van der Waals surface area contributed by atoms with E-state index in [-0.39, 0.29) is 0 Å². The number of thiazole rings is 1. The lowest BCUT2D eigenvalue weighted by Gasteiger charge is -2.05. The molecule has 102 valence electrons. The first kappa shape index (κ1) is 14.7. The van der Waals surface area contributed by atoms with Crippen molar-refractivity contribution in [1.82, 2.24) is 10.3 Å². The maximum atomic E-state index is 4.67. The largest absolute Gasteiger partial charge is 0.312 e. The van der Waals surface area contributed by atoms with Crippen molar-refractivity contribution in [2.75, 3.05) is 6.54 Å². The summed E-state index contributed by atoms with van der Waals surface area (Å²) in [5, 5.41) is 4.58. The predicted molar refractivity (Wildman–Crippen MR) is 86.5 cm³/mol. The normalized spacial score (nSPS) is 11.2. The van der Waals surface area contributed by atoms with Crippen molar-refractivity contribution >= 4 is 27.3 Å². The monoisotopic (exact) mass is 338 g/mol. The molecule has 1 heterocycles. The highest BCUT2D eigenvalue weighted by Gasteiger charge is 2.09. The molecule has 0 fully saturated rings. The maximum Gasteiger partial charge on any atom is 0.123 e. The molecule has 2 aromatic rings. The molecule has 0 unspecified atom stereocenters. The third kappa shape index (κ3) is 4.13. The molecule has 0 aliphatic rings. The van der Waals surface area contributed by atoms with E-state index in [2.05, 4.69) is 71.3 Å². The van der Waals surface area contributed by atoms with Gasteiger partial charge in [0.1, 0.15) is 5.01 Å². The zero-order valence-electron chi connectivity index (χ0n) is 11.5. The standard InChI is InChI=1S/C15H19BrN2S/c1-10(2)8-17-9-14-11(3)18-15(19-14)12-4-6-13(16)7-5-12/h4-7,10,17H,8-9H2,1-3H3. The number of halogens is 1.